The minimum absolute atomic E-state index is 0.0110. The first-order chi connectivity index (χ1) is 11.9. The molecule has 0 aliphatic carbocycles. The number of ketones is 1. The SMILES string of the molecule is CC(=O)C1CCCN1C(=O)C(C)CC(CCc1ccccc1)C(=O)O. The van der Waals surface area contributed by atoms with Crippen LogP contribution in [-0.2, 0) is 20.8 Å². The molecule has 0 aromatic heterocycles. The van der Waals surface area contributed by atoms with Gasteiger partial charge in [-0.2, -0.15) is 0 Å². The minimum atomic E-state index is -0.861. The number of aryl methyl sites for hydroxylation is 1. The van der Waals surface area contributed by atoms with Crippen molar-refractivity contribution in [2.24, 2.45) is 11.8 Å². The Hall–Kier alpha value is -2.17. The van der Waals surface area contributed by atoms with Crippen LogP contribution in [0.2, 0.25) is 0 Å². The van der Waals surface area contributed by atoms with Crippen molar-refractivity contribution in [1.29, 1.82) is 0 Å². The number of nitrogens with zero attached hydrogens (tertiary/aromatic N) is 1. The predicted octanol–water partition coefficient (Wildman–Crippen LogP) is 2.93. The van der Waals surface area contributed by atoms with Gasteiger partial charge < -0.3 is 10.0 Å². The fraction of sp³-hybridized carbons (Fsp3) is 0.550. The van der Waals surface area contributed by atoms with Crippen LogP contribution in [0.5, 0.6) is 0 Å². The number of Topliss-reactive ketones (excluding diaryl/α,β-unsaturated/α-hetero) is 1. The van der Waals surface area contributed by atoms with E-state index in [4.69, 9.17) is 0 Å². The highest BCUT2D eigenvalue weighted by molar-refractivity contribution is 5.89. The summed E-state index contributed by atoms with van der Waals surface area (Å²) < 4.78 is 0. The van der Waals surface area contributed by atoms with Crippen molar-refractivity contribution in [2.45, 2.75) is 52.0 Å². The maximum atomic E-state index is 12.7. The second-order valence-corrected chi connectivity index (χ2v) is 7.00. The van der Waals surface area contributed by atoms with Crippen molar-refractivity contribution in [3.05, 3.63) is 35.9 Å². The number of hydrogen-bond donors (Lipinski definition) is 1. The summed E-state index contributed by atoms with van der Waals surface area (Å²) in [5, 5.41) is 9.51. The third-order valence-electron chi connectivity index (χ3n) is 5.04. The molecule has 1 aromatic rings. The van der Waals surface area contributed by atoms with Crippen molar-refractivity contribution in [1.82, 2.24) is 4.90 Å². The first-order valence-corrected chi connectivity index (χ1v) is 8.97. The van der Waals surface area contributed by atoms with Crippen LogP contribution in [0.25, 0.3) is 0 Å². The van der Waals surface area contributed by atoms with Gasteiger partial charge in [0.1, 0.15) is 0 Å². The fourth-order valence-corrected chi connectivity index (χ4v) is 3.59. The topological polar surface area (TPSA) is 74.7 Å². The van der Waals surface area contributed by atoms with E-state index >= 15 is 0 Å². The van der Waals surface area contributed by atoms with Gasteiger partial charge in [0.2, 0.25) is 5.91 Å². The van der Waals surface area contributed by atoms with Crippen LogP contribution >= 0.6 is 0 Å². The third-order valence-corrected chi connectivity index (χ3v) is 5.04. The molecule has 0 bridgehead atoms. The maximum absolute atomic E-state index is 12.7. The number of likely N-dealkylation sites (tertiary alicyclic amines) is 1. The number of aliphatic carboxylic acids is 1. The zero-order valence-electron chi connectivity index (χ0n) is 15.0. The summed E-state index contributed by atoms with van der Waals surface area (Å²) >= 11 is 0. The van der Waals surface area contributed by atoms with E-state index in [9.17, 15) is 19.5 Å². The molecule has 136 valence electrons. The van der Waals surface area contributed by atoms with Crippen LogP contribution in [-0.4, -0.2) is 40.3 Å². The molecule has 1 amide bonds. The van der Waals surface area contributed by atoms with E-state index in [0.29, 0.717) is 32.2 Å². The lowest BCUT2D eigenvalue weighted by Gasteiger charge is -2.27. The summed E-state index contributed by atoms with van der Waals surface area (Å²) in [7, 11) is 0. The molecule has 1 fully saturated rings. The van der Waals surface area contributed by atoms with Gasteiger partial charge in [0.25, 0.3) is 0 Å². The van der Waals surface area contributed by atoms with Gasteiger partial charge in [-0.1, -0.05) is 37.3 Å². The molecule has 0 radical (unpaired) electrons. The van der Waals surface area contributed by atoms with Gasteiger partial charge in [-0.25, -0.2) is 0 Å². The highest BCUT2D eigenvalue weighted by atomic mass is 16.4. The quantitative estimate of drug-likeness (QED) is 0.786. The Labute approximate surface area is 149 Å². The number of carboxylic acids is 1. The van der Waals surface area contributed by atoms with Gasteiger partial charge in [-0.3, -0.25) is 14.4 Å². The van der Waals surface area contributed by atoms with E-state index in [1.807, 2.05) is 30.3 Å². The molecule has 1 saturated heterocycles. The molecule has 1 aromatic carbocycles. The van der Waals surface area contributed by atoms with E-state index in [2.05, 4.69) is 0 Å². The first kappa shape index (κ1) is 19.2. The van der Waals surface area contributed by atoms with Gasteiger partial charge in [0.15, 0.2) is 5.78 Å². The molecule has 3 atom stereocenters. The van der Waals surface area contributed by atoms with Gasteiger partial charge in [-0.15, -0.1) is 0 Å². The predicted molar refractivity (Wildman–Crippen MR) is 95.1 cm³/mol. The molecule has 1 aliphatic rings. The van der Waals surface area contributed by atoms with E-state index in [1.165, 1.54) is 6.92 Å². The summed E-state index contributed by atoms with van der Waals surface area (Å²) in [4.78, 5) is 37.6. The zero-order valence-corrected chi connectivity index (χ0v) is 15.0. The molecule has 25 heavy (non-hydrogen) atoms. The number of benzene rings is 1. The molecule has 1 N–H and O–H groups in total. The van der Waals surface area contributed by atoms with Crippen LogP contribution in [0, 0.1) is 11.8 Å². The number of carbonyl (C=O) groups excluding carboxylic acids is 2. The largest absolute Gasteiger partial charge is 0.481 e. The lowest BCUT2D eigenvalue weighted by atomic mass is 9.89. The van der Waals surface area contributed by atoms with Crippen molar-refractivity contribution in [3.8, 4) is 0 Å². The number of amides is 1. The summed E-state index contributed by atoms with van der Waals surface area (Å²) in [6.07, 6.45) is 3.04. The first-order valence-electron chi connectivity index (χ1n) is 8.97. The Morgan fingerprint density at radius 3 is 2.52 bits per heavy atom. The van der Waals surface area contributed by atoms with E-state index in [-0.39, 0.29) is 17.7 Å². The van der Waals surface area contributed by atoms with Crippen molar-refractivity contribution in [2.75, 3.05) is 6.54 Å². The minimum Gasteiger partial charge on any atom is -0.481 e. The number of carboxylic acid groups (broad SMARTS) is 1. The Kier molecular flexibility index (Phi) is 6.73. The Bertz CT molecular complexity index is 613. The van der Waals surface area contributed by atoms with Gasteiger partial charge >= 0.3 is 5.97 Å². The fourth-order valence-electron chi connectivity index (χ4n) is 3.59. The van der Waals surface area contributed by atoms with E-state index in [0.717, 1.165) is 12.0 Å². The lowest BCUT2D eigenvalue weighted by molar-refractivity contribution is -0.145. The number of rotatable bonds is 8. The summed E-state index contributed by atoms with van der Waals surface area (Å²) in [5.41, 5.74) is 1.10. The highest BCUT2D eigenvalue weighted by Gasteiger charge is 2.35. The molecule has 1 heterocycles. The van der Waals surface area contributed by atoms with Crippen molar-refractivity contribution < 1.29 is 19.5 Å². The Morgan fingerprint density at radius 2 is 1.92 bits per heavy atom. The molecule has 1 aliphatic heterocycles. The third kappa shape index (κ3) is 5.15. The molecule has 5 heteroatoms. The van der Waals surface area contributed by atoms with E-state index < -0.39 is 17.8 Å². The van der Waals surface area contributed by atoms with Crippen LogP contribution in [0.15, 0.2) is 30.3 Å². The lowest BCUT2D eigenvalue weighted by Crippen LogP contribution is -2.42. The van der Waals surface area contributed by atoms with Crippen LogP contribution in [0.1, 0.15) is 45.1 Å². The van der Waals surface area contributed by atoms with Crippen LogP contribution in [0.3, 0.4) is 0 Å². The monoisotopic (exact) mass is 345 g/mol. The molecule has 3 unspecified atom stereocenters. The maximum Gasteiger partial charge on any atom is 0.306 e. The van der Waals surface area contributed by atoms with E-state index in [1.54, 1.807) is 11.8 Å². The summed E-state index contributed by atoms with van der Waals surface area (Å²) in [5.74, 6) is -1.89. The summed E-state index contributed by atoms with van der Waals surface area (Å²) in [6.45, 7) is 3.88. The van der Waals surface area contributed by atoms with Crippen molar-refractivity contribution in [3.63, 3.8) is 0 Å². The average Bonchev–Trinajstić information content (AvgIpc) is 3.08. The smallest absolute Gasteiger partial charge is 0.306 e. The Morgan fingerprint density at radius 1 is 1.24 bits per heavy atom. The number of hydrogen-bond acceptors (Lipinski definition) is 3. The van der Waals surface area contributed by atoms with Gasteiger partial charge in [0.05, 0.1) is 12.0 Å². The molecule has 0 saturated carbocycles. The summed E-state index contributed by atoms with van der Waals surface area (Å²) in [6, 6.07) is 9.44. The highest BCUT2D eigenvalue weighted by Crippen LogP contribution is 2.25. The molecular weight excluding hydrogens is 318 g/mol. The zero-order chi connectivity index (χ0) is 18.4. The van der Waals surface area contributed by atoms with Crippen LogP contribution in [0.4, 0.5) is 0 Å². The molecular formula is C20H27NO4. The molecule has 5 nitrogen and oxygen atoms in total. The number of carbonyl (C=O) groups is 3. The van der Waals surface area contributed by atoms with Gasteiger partial charge in [-0.05, 0) is 44.6 Å². The Balaban J connectivity index is 1.95. The van der Waals surface area contributed by atoms with Gasteiger partial charge in [0, 0.05) is 12.5 Å². The van der Waals surface area contributed by atoms with Crippen LogP contribution < -0.4 is 0 Å². The molecule has 2 rings (SSSR count). The average molecular weight is 345 g/mol. The standard InChI is InChI=1S/C20H27NO4/c1-14(19(23)21-12-6-9-18(21)15(2)22)13-17(20(24)25)11-10-16-7-4-3-5-8-16/h3-5,7-8,14,17-18H,6,9-13H2,1-2H3,(H,24,25). The second kappa shape index (κ2) is 8.79. The normalized spacial score (nSPS) is 19.4. The second-order valence-electron chi connectivity index (χ2n) is 7.00. The van der Waals surface area contributed by atoms with Crippen molar-refractivity contribution >= 4 is 17.7 Å². The molecule has 0 spiro atoms.